The number of esters is 2. The molecule has 1 N–H and O–H groups in total. The number of rotatable bonds is 34. The van der Waals surface area contributed by atoms with E-state index < -0.39 is 6.10 Å². The van der Waals surface area contributed by atoms with Crippen LogP contribution in [0.5, 0.6) is 0 Å². The minimum atomic E-state index is -0.804. The first-order valence-electron chi connectivity index (χ1n) is 19.8. The Bertz CT molecular complexity index is 1010. The third-order valence-corrected chi connectivity index (χ3v) is 7.86. The zero-order valence-corrected chi connectivity index (χ0v) is 31.9. The van der Waals surface area contributed by atoms with E-state index in [9.17, 15) is 14.7 Å². The van der Waals surface area contributed by atoms with Gasteiger partial charge in [-0.2, -0.15) is 0 Å². The number of allylic oxidation sites excluding steroid dienone is 16. The van der Waals surface area contributed by atoms with Crippen LogP contribution in [0.4, 0.5) is 0 Å². The first kappa shape index (κ1) is 46.8. The summed E-state index contributed by atoms with van der Waals surface area (Å²) in [6.07, 6.45) is 56.0. The molecule has 0 bridgehead atoms. The summed E-state index contributed by atoms with van der Waals surface area (Å²) >= 11 is 0. The summed E-state index contributed by atoms with van der Waals surface area (Å²) < 4.78 is 10.6. The Hall–Kier alpha value is -3.18. The predicted octanol–water partition coefficient (Wildman–Crippen LogP) is 12.5. The zero-order chi connectivity index (χ0) is 36.4. The Morgan fingerprint density at radius 2 is 0.860 bits per heavy atom. The highest BCUT2D eigenvalue weighted by Crippen LogP contribution is 2.09. The monoisotopic (exact) mass is 693 g/mol. The van der Waals surface area contributed by atoms with E-state index in [0.29, 0.717) is 12.8 Å². The van der Waals surface area contributed by atoms with E-state index >= 15 is 0 Å². The molecule has 1 unspecified atom stereocenters. The number of hydrogen-bond donors (Lipinski definition) is 1. The van der Waals surface area contributed by atoms with Crippen LogP contribution in [0, 0.1) is 0 Å². The van der Waals surface area contributed by atoms with E-state index in [4.69, 9.17) is 9.47 Å². The average Bonchev–Trinajstić information content (AvgIpc) is 3.12. The second-order valence-corrected chi connectivity index (χ2v) is 12.6. The molecule has 282 valence electrons. The Balaban J connectivity index is 3.72. The molecular formula is C45H72O5. The van der Waals surface area contributed by atoms with Crippen LogP contribution in [0.3, 0.4) is 0 Å². The van der Waals surface area contributed by atoms with Crippen LogP contribution in [-0.2, 0) is 19.1 Å². The second-order valence-electron chi connectivity index (χ2n) is 12.6. The van der Waals surface area contributed by atoms with Crippen molar-refractivity contribution in [3.8, 4) is 0 Å². The lowest BCUT2D eigenvalue weighted by atomic mass is 10.1. The number of unbranched alkanes of at least 4 members (excludes halogenated alkanes) is 10. The molecule has 50 heavy (non-hydrogen) atoms. The second kappa shape index (κ2) is 40.3. The molecule has 0 aromatic carbocycles. The molecule has 0 spiro atoms. The van der Waals surface area contributed by atoms with Gasteiger partial charge in [0.05, 0.1) is 6.61 Å². The van der Waals surface area contributed by atoms with E-state index in [-0.39, 0.29) is 25.2 Å². The maximum atomic E-state index is 12.2. The molecule has 0 aliphatic rings. The smallest absolute Gasteiger partial charge is 0.306 e. The topological polar surface area (TPSA) is 72.8 Å². The number of carbonyl (C=O) groups excluding carboxylic acids is 2. The van der Waals surface area contributed by atoms with Gasteiger partial charge in [0.15, 0.2) is 6.10 Å². The van der Waals surface area contributed by atoms with Crippen molar-refractivity contribution in [3.05, 3.63) is 97.2 Å². The molecule has 0 fully saturated rings. The highest BCUT2D eigenvalue weighted by atomic mass is 16.6. The summed E-state index contributed by atoms with van der Waals surface area (Å²) in [7, 11) is 0. The molecule has 0 aliphatic carbocycles. The number of hydrogen-bond acceptors (Lipinski definition) is 5. The van der Waals surface area contributed by atoms with Crippen LogP contribution in [0.2, 0.25) is 0 Å². The van der Waals surface area contributed by atoms with Gasteiger partial charge in [-0.3, -0.25) is 9.59 Å². The fourth-order valence-corrected chi connectivity index (χ4v) is 4.88. The van der Waals surface area contributed by atoms with Crippen molar-refractivity contribution in [1.82, 2.24) is 0 Å². The van der Waals surface area contributed by atoms with Crippen molar-refractivity contribution in [1.29, 1.82) is 0 Å². The molecule has 0 rings (SSSR count). The molecule has 0 saturated carbocycles. The van der Waals surface area contributed by atoms with Gasteiger partial charge in [-0.15, -0.1) is 0 Å². The van der Waals surface area contributed by atoms with Crippen LogP contribution < -0.4 is 0 Å². The largest absolute Gasteiger partial charge is 0.462 e. The maximum absolute atomic E-state index is 12.2. The molecular weight excluding hydrogens is 620 g/mol. The van der Waals surface area contributed by atoms with Gasteiger partial charge in [0.25, 0.3) is 0 Å². The van der Waals surface area contributed by atoms with Crippen LogP contribution in [-0.4, -0.2) is 36.4 Å². The van der Waals surface area contributed by atoms with Gasteiger partial charge in [-0.25, -0.2) is 0 Å². The zero-order valence-electron chi connectivity index (χ0n) is 31.9. The fourth-order valence-electron chi connectivity index (χ4n) is 4.88. The summed E-state index contributed by atoms with van der Waals surface area (Å²) in [6.45, 7) is 3.93. The van der Waals surface area contributed by atoms with E-state index in [1.165, 1.54) is 25.7 Å². The highest BCUT2D eigenvalue weighted by Gasteiger charge is 2.16. The van der Waals surface area contributed by atoms with Crippen molar-refractivity contribution in [3.63, 3.8) is 0 Å². The van der Waals surface area contributed by atoms with Gasteiger partial charge in [0.1, 0.15) is 6.61 Å². The standard InChI is InChI=1S/C45H72O5/c1-3-5-7-9-11-13-15-17-19-21-22-24-26-28-30-32-34-36-38-40-45(48)50-43(41-46)42-49-44(47)39-37-35-33-31-29-27-25-23-20-18-16-14-12-10-8-6-4-2/h5,7,11-14,17-20,22,24-25,27-28,30,43,46H,3-4,6,8-10,15-16,21,23,26,29,31-42H2,1-2H3. The Kier molecular flexibility index (Phi) is 37.7. The molecule has 0 aliphatic heterocycles. The lowest BCUT2D eigenvalue weighted by Crippen LogP contribution is -2.28. The molecule has 1 atom stereocenters. The Labute approximate surface area is 307 Å². The molecule has 0 heterocycles. The van der Waals surface area contributed by atoms with Crippen molar-refractivity contribution in [2.24, 2.45) is 0 Å². The number of ether oxygens (including phenoxy) is 2. The average molecular weight is 693 g/mol. The third-order valence-electron chi connectivity index (χ3n) is 7.86. The predicted molar refractivity (Wildman–Crippen MR) is 214 cm³/mol. The van der Waals surface area contributed by atoms with Crippen LogP contribution >= 0.6 is 0 Å². The first-order valence-corrected chi connectivity index (χ1v) is 19.8. The normalized spacial score (nSPS) is 13.3. The quantitative estimate of drug-likeness (QED) is 0.0413. The number of carbonyl (C=O) groups is 2. The lowest BCUT2D eigenvalue weighted by Gasteiger charge is -2.15. The van der Waals surface area contributed by atoms with E-state index in [2.05, 4.69) is 111 Å². The van der Waals surface area contributed by atoms with Gasteiger partial charge in [0, 0.05) is 12.8 Å². The van der Waals surface area contributed by atoms with Crippen LogP contribution in [0.15, 0.2) is 97.2 Å². The Morgan fingerprint density at radius 3 is 1.30 bits per heavy atom. The van der Waals surface area contributed by atoms with Gasteiger partial charge in [-0.05, 0) is 96.3 Å². The molecule has 5 nitrogen and oxygen atoms in total. The minimum absolute atomic E-state index is 0.0976. The number of aliphatic hydroxyl groups excluding tert-OH is 1. The number of aliphatic hydroxyl groups is 1. The molecule has 0 aromatic heterocycles. The summed E-state index contributed by atoms with van der Waals surface area (Å²) in [4.78, 5) is 24.3. The van der Waals surface area contributed by atoms with Crippen molar-refractivity contribution in [2.75, 3.05) is 13.2 Å². The molecule has 0 radical (unpaired) electrons. The molecule has 0 aromatic rings. The maximum Gasteiger partial charge on any atom is 0.306 e. The lowest BCUT2D eigenvalue weighted by molar-refractivity contribution is -0.161. The van der Waals surface area contributed by atoms with Gasteiger partial charge in [-0.1, -0.05) is 143 Å². The third kappa shape index (κ3) is 37.6. The van der Waals surface area contributed by atoms with Crippen LogP contribution in [0.1, 0.15) is 155 Å². The summed E-state index contributed by atoms with van der Waals surface area (Å²) in [5.41, 5.74) is 0. The summed E-state index contributed by atoms with van der Waals surface area (Å²) in [5.74, 6) is -0.664. The van der Waals surface area contributed by atoms with E-state index in [1.807, 2.05) is 0 Å². The van der Waals surface area contributed by atoms with Crippen molar-refractivity contribution in [2.45, 2.75) is 161 Å². The van der Waals surface area contributed by atoms with Gasteiger partial charge < -0.3 is 14.6 Å². The van der Waals surface area contributed by atoms with Crippen LogP contribution in [0.25, 0.3) is 0 Å². The molecule has 5 heteroatoms. The van der Waals surface area contributed by atoms with Crippen molar-refractivity contribution < 1.29 is 24.2 Å². The minimum Gasteiger partial charge on any atom is -0.462 e. The summed E-state index contributed by atoms with van der Waals surface area (Å²) in [5, 5.41) is 9.55. The van der Waals surface area contributed by atoms with Gasteiger partial charge >= 0.3 is 11.9 Å². The summed E-state index contributed by atoms with van der Waals surface area (Å²) in [6, 6.07) is 0. The van der Waals surface area contributed by atoms with Crippen molar-refractivity contribution >= 4 is 11.9 Å². The highest BCUT2D eigenvalue weighted by molar-refractivity contribution is 5.70. The first-order chi connectivity index (χ1) is 24.6. The molecule has 0 amide bonds. The fraction of sp³-hybridized carbons (Fsp3) is 0.600. The molecule has 0 saturated heterocycles. The van der Waals surface area contributed by atoms with E-state index in [0.717, 1.165) is 103 Å². The van der Waals surface area contributed by atoms with Gasteiger partial charge in [0.2, 0.25) is 0 Å². The SMILES string of the molecule is CCC=CCC=CCC=CCC=CCC=CCCCCCC(=O)OC(CO)COC(=O)CCCCCCC=CCC=CCC=CCCCCC. The Morgan fingerprint density at radius 1 is 0.480 bits per heavy atom. The van der Waals surface area contributed by atoms with E-state index in [1.54, 1.807) is 0 Å².